The number of nitrogens with zero attached hydrogens (tertiary/aromatic N) is 1. The van der Waals surface area contributed by atoms with Crippen molar-refractivity contribution in [2.45, 2.75) is 24.8 Å². The molecule has 3 heterocycles. The molecule has 6 nitrogen and oxygen atoms in total. The van der Waals surface area contributed by atoms with Crippen LogP contribution in [0.3, 0.4) is 0 Å². The van der Waals surface area contributed by atoms with Crippen molar-refractivity contribution < 1.29 is 14.3 Å². The largest absolute Gasteiger partial charge is 0.486 e. The summed E-state index contributed by atoms with van der Waals surface area (Å²) in [5, 5.41) is 6.40. The number of hydrogen-bond acceptors (Lipinski definition) is 4. The lowest BCUT2D eigenvalue weighted by molar-refractivity contribution is 0.166. The third kappa shape index (κ3) is 2.18. The average Bonchev–Trinajstić information content (AvgIpc) is 3.18. The maximum Gasteiger partial charge on any atom is 0.322 e. The molecule has 1 unspecified atom stereocenters. The van der Waals surface area contributed by atoms with E-state index in [9.17, 15) is 4.79 Å². The Hall–Kier alpha value is -1.95. The number of urea groups is 1. The summed E-state index contributed by atoms with van der Waals surface area (Å²) >= 11 is 0. The number of para-hydroxylation sites is 1. The van der Waals surface area contributed by atoms with Crippen LogP contribution in [0.15, 0.2) is 18.2 Å². The zero-order valence-corrected chi connectivity index (χ0v) is 12.6. The molecule has 1 atom stereocenters. The maximum atomic E-state index is 12.8. The van der Waals surface area contributed by atoms with E-state index in [-0.39, 0.29) is 11.6 Å². The van der Waals surface area contributed by atoms with Crippen LogP contribution in [-0.4, -0.2) is 49.3 Å². The summed E-state index contributed by atoms with van der Waals surface area (Å²) in [7, 11) is 0. The van der Waals surface area contributed by atoms with E-state index in [1.807, 2.05) is 23.1 Å². The van der Waals surface area contributed by atoms with Gasteiger partial charge in [0.2, 0.25) is 0 Å². The predicted octanol–water partition coefficient (Wildman–Crippen LogP) is 1.82. The van der Waals surface area contributed by atoms with E-state index in [1.54, 1.807) is 0 Å². The number of carbonyl (C=O) groups is 1. The Morgan fingerprint density at radius 2 is 2.18 bits per heavy atom. The van der Waals surface area contributed by atoms with Crippen molar-refractivity contribution in [3.05, 3.63) is 18.2 Å². The van der Waals surface area contributed by atoms with E-state index in [1.165, 1.54) is 0 Å². The van der Waals surface area contributed by atoms with E-state index in [4.69, 9.17) is 9.47 Å². The number of anilines is 1. The van der Waals surface area contributed by atoms with E-state index in [0.29, 0.717) is 30.4 Å². The minimum absolute atomic E-state index is 0.00369. The summed E-state index contributed by atoms with van der Waals surface area (Å²) in [5.41, 5.74) is 0.686. The summed E-state index contributed by atoms with van der Waals surface area (Å²) in [6, 6.07) is 5.56. The fourth-order valence-electron chi connectivity index (χ4n) is 3.78. The van der Waals surface area contributed by atoms with Crippen molar-refractivity contribution in [2.75, 3.05) is 38.2 Å². The first kappa shape index (κ1) is 13.7. The highest BCUT2D eigenvalue weighted by molar-refractivity contribution is 5.92. The molecular formula is C16H21N3O3. The van der Waals surface area contributed by atoms with Gasteiger partial charge in [-0.3, -0.25) is 0 Å². The Balaban J connectivity index is 1.55. The highest BCUT2D eigenvalue weighted by atomic mass is 16.6. The van der Waals surface area contributed by atoms with Crippen LogP contribution in [0.5, 0.6) is 11.5 Å². The van der Waals surface area contributed by atoms with Crippen molar-refractivity contribution in [3.63, 3.8) is 0 Å². The molecule has 0 saturated carbocycles. The van der Waals surface area contributed by atoms with E-state index < -0.39 is 0 Å². The molecule has 1 aromatic rings. The van der Waals surface area contributed by atoms with Crippen molar-refractivity contribution in [1.82, 2.24) is 10.2 Å². The van der Waals surface area contributed by atoms with Gasteiger partial charge in [0.15, 0.2) is 11.5 Å². The minimum atomic E-state index is -0.0382. The topological polar surface area (TPSA) is 62.8 Å². The number of carbonyl (C=O) groups excluding carboxylic acids is 1. The van der Waals surface area contributed by atoms with E-state index >= 15 is 0 Å². The number of fused-ring (bicyclic) bond motifs is 1. The van der Waals surface area contributed by atoms with Crippen molar-refractivity contribution in [2.24, 2.45) is 0 Å². The molecule has 1 aromatic carbocycles. The third-order valence-corrected chi connectivity index (χ3v) is 4.87. The van der Waals surface area contributed by atoms with Crippen LogP contribution in [0.25, 0.3) is 0 Å². The van der Waals surface area contributed by atoms with Gasteiger partial charge in [-0.05, 0) is 37.9 Å². The second kappa shape index (κ2) is 5.35. The van der Waals surface area contributed by atoms with Crippen LogP contribution in [0.1, 0.15) is 19.3 Å². The maximum absolute atomic E-state index is 12.8. The Morgan fingerprint density at radius 3 is 3.05 bits per heavy atom. The standard InChI is InChI=1S/C16H21N3O3/c20-15(19-8-2-5-16(19)6-7-17-11-16)18-12-3-1-4-13-14(12)22-10-9-21-13/h1,3-4,17H,2,5-11H2,(H,18,20). The van der Waals surface area contributed by atoms with Gasteiger partial charge in [-0.1, -0.05) is 6.07 Å². The lowest BCUT2D eigenvalue weighted by Gasteiger charge is -2.34. The summed E-state index contributed by atoms with van der Waals surface area (Å²) in [6.07, 6.45) is 3.19. The smallest absolute Gasteiger partial charge is 0.322 e. The zero-order chi connectivity index (χ0) is 15.0. The average molecular weight is 303 g/mol. The van der Waals surface area contributed by atoms with Gasteiger partial charge in [-0.15, -0.1) is 0 Å². The molecule has 3 aliphatic rings. The van der Waals surface area contributed by atoms with Gasteiger partial charge in [-0.25, -0.2) is 4.79 Å². The summed E-state index contributed by atoms with van der Waals surface area (Å²) in [4.78, 5) is 14.7. The molecule has 2 fully saturated rings. The normalized spacial score (nSPS) is 26.5. The van der Waals surface area contributed by atoms with Gasteiger partial charge in [0, 0.05) is 13.1 Å². The van der Waals surface area contributed by atoms with E-state index in [2.05, 4.69) is 10.6 Å². The van der Waals surface area contributed by atoms with Crippen molar-refractivity contribution in [3.8, 4) is 11.5 Å². The lowest BCUT2D eigenvalue weighted by atomic mass is 9.95. The quantitative estimate of drug-likeness (QED) is 0.831. The predicted molar refractivity (Wildman–Crippen MR) is 82.6 cm³/mol. The fraction of sp³-hybridized carbons (Fsp3) is 0.562. The molecule has 0 aliphatic carbocycles. The Kier molecular flexibility index (Phi) is 3.33. The number of likely N-dealkylation sites (tertiary alicyclic amines) is 1. The molecule has 22 heavy (non-hydrogen) atoms. The molecule has 4 rings (SSSR count). The minimum Gasteiger partial charge on any atom is -0.486 e. The van der Waals surface area contributed by atoms with Gasteiger partial charge in [0.05, 0.1) is 11.2 Å². The number of hydrogen-bond donors (Lipinski definition) is 2. The molecule has 3 aliphatic heterocycles. The molecular weight excluding hydrogens is 282 g/mol. The SMILES string of the molecule is O=C(Nc1cccc2c1OCCO2)N1CCCC12CCNC2. The van der Waals surface area contributed by atoms with Gasteiger partial charge in [0.25, 0.3) is 0 Å². The Morgan fingerprint density at radius 1 is 1.27 bits per heavy atom. The Labute approximate surface area is 129 Å². The van der Waals surface area contributed by atoms with Crippen LogP contribution in [-0.2, 0) is 0 Å². The summed E-state index contributed by atoms with van der Waals surface area (Å²) in [6.45, 7) is 3.76. The molecule has 2 saturated heterocycles. The second-order valence-corrected chi connectivity index (χ2v) is 6.17. The monoisotopic (exact) mass is 303 g/mol. The molecule has 2 amide bonds. The van der Waals surface area contributed by atoms with Crippen LogP contribution < -0.4 is 20.1 Å². The molecule has 118 valence electrons. The first-order chi connectivity index (χ1) is 10.8. The highest BCUT2D eigenvalue weighted by Crippen LogP contribution is 2.39. The fourth-order valence-corrected chi connectivity index (χ4v) is 3.78. The van der Waals surface area contributed by atoms with E-state index in [0.717, 1.165) is 38.9 Å². The van der Waals surface area contributed by atoms with Gasteiger partial charge >= 0.3 is 6.03 Å². The lowest BCUT2D eigenvalue weighted by Crippen LogP contribution is -2.50. The second-order valence-electron chi connectivity index (χ2n) is 6.17. The number of rotatable bonds is 1. The van der Waals surface area contributed by atoms with Crippen molar-refractivity contribution in [1.29, 1.82) is 0 Å². The van der Waals surface area contributed by atoms with Crippen LogP contribution in [0.4, 0.5) is 10.5 Å². The Bertz CT molecular complexity index is 578. The molecule has 6 heteroatoms. The summed E-state index contributed by atoms with van der Waals surface area (Å²) in [5.74, 6) is 1.34. The molecule has 2 N–H and O–H groups in total. The first-order valence-corrected chi connectivity index (χ1v) is 7.96. The third-order valence-electron chi connectivity index (χ3n) is 4.87. The number of nitrogens with one attached hydrogen (secondary N) is 2. The van der Waals surface area contributed by atoms with Crippen LogP contribution in [0.2, 0.25) is 0 Å². The van der Waals surface area contributed by atoms with Gasteiger partial charge in [0.1, 0.15) is 13.2 Å². The number of benzene rings is 1. The van der Waals surface area contributed by atoms with Crippen LogP contribution in [0, 0.1) is 0 Å². The number of ether oxygens (including phenoxy) is 2. The molecule has 0 aromatic heterocycles. The number of amides is 2. The highest BCUT2D eigenvalue weighted by Gasteiger charge is 2.45. The zero-order valence-electron chi connectivity index (χ0n) is 12.6. The van der Waals surface area contributed by atoms with Crippen molar-refractivity contribution >= 4 is 11.7 Å². The first-order valence-electron chi connectivity index (χ1n) is 7.96. The van der Waals surface area contributed by atoms with Gasteiger partial charge < -0.3 is 25.0 Å². The summed E-state index contributed by atoms with van der Waals surface area (Å²) < 4.78 is 11.2. The molecule has 0 bridgehead atoms. The van der Waals surface area contributed by atoms with Crippen LogP contribution >= 0.6 is 0 Å². The molecule has 0 radical (unpaired) electrons. The van der Waals surface area contributed by atoms with Gasteiger partial charge in [-0.2, -0.15) is 0 Å². The molecule has 1 spiro atoms.